The number of nitriles is 1. The lowest BCUT2D eigenvalue weighted by Gasteiger charge is -2.24. The van der Waals surface area contributed by atoms with E-state index in [0.717, 1.165) is 28.2 Å². The van der Waals surface area contributed by atoms with Gasteiger partial charge in [0.15, 0.2) is 0 Å². The fourth-order valence-electron chi connectivity index (χ4n) is 4.36. The Labute approximate surface area is 173 Å². The third kappa shape index (κ3) is 4.24. The molecule has 4 unspecified atom stereocenters. The number of rotatable bonds is 6. The molecule has 2 aliphatic rings. The van der Waals surface area contributed by atoms with E-state index in [4.69, 9.17) is 5.26 Å². The Kier molecular flexibility index (Phi) is 5.74. The molecule has 1 amide bonds. The molecule has 2 fully saturated rings. The van der Waals surface area contributed by atoms with Crippen LogP contribution in [0.1, 0.15) is 29.7 Å². The summed E-state index contributed by atoms with van der Waals surface area (Å²) in [6.45, 7) is 0. The second-order valence-electron chi connectivity index (χ2n) is 7.71. The zero-order valence-corrected chi connectivity index (χ0v) is 17.0. The van der Waals surface area contributed by atoms with Crippen molar-refractivity contribution in [1.82, 2.24) is 10.6 Å². The van der Waals surface area contributed by atoms with Crippen molar-refractivity contribution >= 4 is 23.5 Å². The number of nitrogens with zero attached hydrogens (tertiary/aromatic N) is 2. The van der Waals surface area contributed by atoms with Crippen molar-refractivity contribution in [1.29, 1.82) is 5.26 Å². The lowest BCUT2D eigenvalue weighted by Crippen LogP contribution is -2.51. The summed E-state index contributed by atoms with van der Waals surface area (Å²) in [5.74, 6) is -0.0200. The van der Waals surface area contributed by atoms with Crippen LogP contribution in [0, 0.1) is 23.1 Å². The average molecular weight is 411 g/mol. The molecule has 150 valence electrons. The fraction of sp³-hybridized carbons (Fsp3) is 0.409. The Balaban J connectivity index is 1.43. The smallest absolute Gasteiger partial charge is 0.237 e. The SMILES string of the molecule is CN=CC(Cc1ccc(-c2ccc(C#N)c(F)c2)s1)NC(=O)C1NC2CCC1C2. The van der Waals surface area contributed by atoms with Gasteiger partial charge in [0.2, 0.25) is 5.91 Å². The summed E-state index contributed by atoms with van der Waals surface area (Å²) >= 11 is 1.56. The normalized spacial score (nSPS) is 24.0. The Morgan fingerprint density at radius 3 is 2.97 bits per heavy atom. The lowest BCUT2D eigenvalue weighted by molar-refractivity contribution is -0.124. The topological polar surface area (TPSA) is 77.3 Å². The van der Waals surface area contributed by atoms with Gasteiger partial charge in [-0.25, -0.2) is 4.39 Å². The van der Waals surface area contributed by atoms with E-state index in [-0.39, 0.29) is 23.6 Å². The molecule has 2 aromatic rings. The van der Waals surface area contributed by atoms with Gasteiger partial charge in [0.1, 0.15) is 11.9 Å². The van der Waals surface area contributed by atoms with Crippen molar-refractivity contribution in [3.63, 3.8) is 0 Å². The first-order valence-corrected chi connectivity index (χ1v) is 10.7. The Bertz CT molecular complexity index is 979. The Morgan fingerprint density at radius 2 is 2.31 bits per heavy atom. The molecule has 0 spiro atoms. The van der Waals surface area contributed by atoms with Crippen molar-refractivity contribution in [3.8, 4) is 16.5 Å². The number of halogens is 1. The van der Waals surface area contributed by atoms with Gasteiger partial charge in [-0.2, -0.15) is 5.26 Å². The number of amides is 1. The number of carbonyl (C=O) groups is 1. The molecular formula is C22H23FN4OS. The van der Waals surface area contributed by atoms with E-state index < -0.39 is 5.82 Å². The number of thiophene rings is 1. The maximum Gasteiger partial charge on any atom is 0.237 e. The molecule has 29 heavy (non-hydrogen) atoms. The molecule has 1 aliphatic heterocycles. The van der Waals surface area contributed by atoms with Gasteiger partial charge in [0, 0.05) is 35.5 Å². The number of benzene rings is 1. The van der Waals surface area contributed by atoms with Gasteiger partial charge in [-0.3, -0.25) is 9.79 Å². The maximum absolute atomic E-state index is 13.9. The zero-order valence-electron chi connectivity index (χ0n) is 16.2. The average Bonchev–Trinajstić information content (AvgIpc) is 3.45. The number of nitrogens with one attached hydrogen (secondary N) is 2. The third-order valence-corrected chi connectivity index (χ3v) is 6.91. The zero-order chi connectivity index (χ0) is 20.4. The minimum Gasteiger partial charge on any atom is -0.347 e. The van der Waals surface area contributed by atoms with Crippen molar-refractivity contribution in [3.05, 3.63) is 46.6 Å². The standard InChI is InChI=1S/C22H23FN4OS/c1-25-12-17(27-22(28)21-14-4-5-16(8-14)26-21)10-18-6-7-20(29-18)13-2-3-15(11-24)19(23)9-13/h2-3,6-7,9,12,14,16-17,21,26H,4-5,8,10H2,1H3,(H,27,28). The maximum atomic E-state index is 13.9. The van der Waals surface area contributed by atoms with E-state index in [1.165, 1.54) is 18.6 Å². The van der Waals surface area contributed by atoms with Crippen LogP contribution in [0.5, 0.6) is 0 Å². The molecule has 2 heterocycles. The minimum absolute atomic E-state index is 0.0432. The fourth-order valence-corrected chi connectivity index (χ4v) is 5.42. The first-order chi connectivity index (χ1) is 14.1. The molecule has 5 nitrogen and oxygen atoms in total. The summed E-state index contributed by atoms with van der Waals surface area (Å²) in [5, 5.41) is 15.4. The summed E-state index contributed by atoms with van der Waals surface area (Å²) in [6.07, 6.45) is 5.79. The largest absolute Gasteiger partial charge is 0.347 e. The van der Waals surface area contributed by atoms with Crippen molar-refractivity contribution in [2.45, 2.75) is 43.8 Å². The molecule has 0 radical (unpaired) electrons. The van der Waals surface area contributed by atoms with Crippen LogP contribution in [0.25, 0.3) is 10.4 Å². The lowest BCUT2D eigenvalue weighted by atomic mass is 9.99. The highest BCUT2D eigenvalue weighted by Gasteiger charge is 2.42. The van der Waals surface area contributed by atoms with Crippen LogP contribution >= 0.6 is 11.3 Å². The Morgan fingerprint density at radius 1 is 1.45 bits per heavy atom. The highest BCUT2D eigenvalue weighted by atomic mass is 32.1. The van der Waals surface area contributed by atoms with Gasteiger partial charge in [-0.15, -0.1) is 11.3 Å². The summed E-state index contributed by atoms with van der Waals surface area (Å²) in [5.41, 5.74) is 0.787. The first kappa shape index (κ1) is 19.7. The predicted molar refractivity (Wildman–Crippen MR) is 113 cm³/mol. The summed E-state index contributed by atoms with van der Waals surface area (Å²) in [7, 11) is 1.70. The highest BCUT2D eigenvalue weighted by Crippen LogP contribution is 2.35. The summed E-state index contributed by atoms with van der Waals surface area (Å²) in [4.78, 5) is 18.9. The number of piperidine rings is 1. The monoisotopic (exact) mass is 410 g/mol. The van der Waals surface area contributed by atoms with E-state index in [9.17, 15) is 9.18 Å². The predicted octanol–water partition coefficient (Wildman–Crippen LogP) is 3.29. The molecule has 2 N–H and O–H groups in total. The van der Waals surface area contributed by atoms with Crippen LogP contribution in [0.15, 0.2) is 35.3 Å². The third-order valence-electron chi connectivity index (χ3n) is 5.76. The highest BCUT2D eigenvalue weighted by molar-refractivity contribution is 7.15. The number of hydrogen-bond acceptors (Lipinski definition) is 5. The van der Waals surface area contributed by atoms with Crippen molar-refractivity contribution in [2.24, 2.45) is 10.9 Å². The van der Waals surface area contributed by atoms with Crippen LogP contribution in [-0.4, -0.2) is 37.3 Å². The summed E-state index contributed by atoms with van der Waals surface area (Å²) in [6, 6.07) is 10.6. The van der Waals surface area contributed by atoms with E-state index >= 15 is 0 Å². The van der Waals surface area contributed by atoms with E-state index in [2.05, 4.69) is 15.6 Å². The second kappa shape index (κ2) is 8.44. The van der Waals surface area contributed by atoms with Gasteiger partial charge < -0.3 is 10.6 Å². The Hall–Kier alpha value is -2.56. The summed E-state index contributed by atoms with van der Waals surface area (Å²) < 4.78 is 13.9. The van der Waals surface area contributed by atoms with Crippen LogP contribution in [-0.2, 0) is 11.2 Å². The molecule has 7 heteroatoms. The van der Waals surface area contributed by atoms with Gasteiger partial charge in [0.05, 0.1) is 17.6 Å². The quantitative estimate of drug-likeness (QED) is 0.718. The molecule has 1 saturated carbocycles. The minimum atomic E-state index is -0.512. The van der Waals surface area contributed by atoms with Crippen LogP contribution < -0.4 is 10.6 Å². The molecular weight excluding hydrogens is 387 g/mol. The van der Waals surface area contributed by atoms with E-state index in [1.54, 1.807) is 30.7 Å². The van der Waals surface area contributed by atoms with E-state index in [1.807, 2.05) is 18.2 Å². The van der Waals surface area contributed by atoms with E-state index in [0.29, 0.717) is 18.4 Å². The molecule has 1 aromatic carbocycles. The number of hydrogen-bond donors (Lipinski definition) is 2. The molecule has 1 saturated heterocycles. The molecule has 4 rings (SSSR count). The van der Waals surface area contributed by atoms with Crippen molar-refractivity contribution < 1.29 is 9.18 Å². The molecule has 2 bridgehead atoms. The van der Waals surface area contributed by atoms with Crippen LogP contribution in [0.3, 0.4) is 0 Å². The first-order valence-electron chi connectivity index (χ1n) is 9.85. The number of fused-ring (bicyclic) bond motifs is 2. The second-order valence-corrected chi connectivity index (χ2v) is 8.88. The van der Waals surface area contributed by atoms with Crippen LogP contribution in [0.2, 0.25) is 0 Å². The van der Waals surface area contributed by atoms with Crippen molar-refractivity contribution in [2.75, 3.05) is 7.05 Å². The number of carbonyl (C=O) groups excluding carboxylic acids is 1. The molecule has 1 aromatic heterocycles. The van der Waals surface area contributed by atoms with Gasteiger partial charge >= 0.3 is 0 Å². The molecule has 4 atom stereocenters. The van der Waals surface area contributed by atoms with Gasteiger partial charge in [-0.05, 0) is 55.0 Å². The number of aliphatic imine (C=N–C) groups is 1. The van der Waals surface area contributed by atoms with Gasteiger partial charge in [-0.1, -0.05) is 6.07 Å². The van der Waals surface area contributed by atoms with Gasteiger partial charge in [0.25, 0.3) is 0 Å². The molecule has 1 aliphatic carbocycles. The van der Waals surface area contributed by atoms with Crippen LogP contribution in [0.4, 0.5) is 4.39 Å².